The largest absolute Gasteiger partial charge is 0.447 e. The van der Waals surface area contributed by atoms with Gasteiger partial charge < -0.3 is 95.8 Å². The van der Waals surface area contributed by atoms with Crippen molar-refractivity contribution in [1.82, 2.24) is 16.0 Å². The molecular weight excluding hydrogens is 750 g/mol. The third-order valence-corrected chi connectivity index (χ3v) is 9.20. The second-order valence-electron chi connectivity index (χ2n) is 12.4. The molecule has 0 spiro atoms. The number of carbonyl (C=O) groups is 3. The van der Waals surface area contributed by atoms with Gasteiger partial charge in [-0.15, -0.1) is 0 Å². The van der Waals surface area contributed by atoms with Gasteiger partial charge in [0.2, 0.25) is 11.8 Å². The van der Waals surface area contributed by atoms with Gasteiger partial charge >= 0.3 is 6.09 Å². The van der Waals surface area contributed by atoms with Gasteiger partial charge in [-0.2, -0.15) is 11.8 Å². The van der Waals surface area contributed by atoms with E-state index in [1.165, 1.54) is 11.8 Å². The molecule has 0 radical (unpaired) electrons. The third-order valence-electron chi connectivity index (χ3n) is 8.21. The summed E-state index contributed by atoms with van der Waals surface area (Å²) < 4.78 is 27.4. The van der Waals surface area contributed by atoms with Gasteiger partial charge in [0.05, 0.1) is 46.2 Å². The van der Waals surface area contributed by atoms with Crippen molar-refractivity contribution in [3.8, 4) is 0 Å². The van der Waals surface area contributed by atoms with Gasteiger partial charge in [0.25, 0.3) is 0 Å². The fourth-order valence-electron chi connectivity index (χ4n) is 4.94. The average molecular weight is 812 g/mol. The number of carbonyl (C=O) groups excluding carboxylic acids is 3. The van der Waals surface area contributed by atoms with E-state index in [1.54, 1.807) is 6.92 Å². The fourth-order valence-corrected chi connectivity index (χ4v) is 5.81. The van der Waals surface area contributed by atoms with E-state index in [1.807, 2.05) is 0 Å². The minimum Gasteiger partial charge on any atom is -0.447 e. The first-order valence-corrected chi connectivity index (χ1v) is 17.6. The molecule has 22 nitrogen and oxygen atoms in total. The van der Waals surface area contributed by atoms with Crippen molar-refractivity contribution in [2.75, 3.05) is 70.9 Å². The summed E-state index contributed by atoms with van der Waals surface area (Å²) in [4.78, 5) is 37.9. The highest BCUT2D eigenvalue weighted by Crippen LogP contribution is 2.26. The highest BCUT2D eigenvalue weighted by atomic mass is 32.2. The molecule has 0 aromatic carbocycles. The Morgan fingerprint density at radius 1 is 0.630 bits per heavy atom. The number of hydrogen-bond acceptors (Lipinski definition) is 20. The van der Waals surface area contributed by atoms with Crippen molar-refractivity contribution in [3.05, 3.63) is 0 Å². The Kier molecular flexibility index (Phi) is 24.3. The van der Waals surface area contributed by atoms with Gasteiger partial charge in [-0.1, -0.05) is 14.9 Å². The number of aliphatic hydroxyl groups excluding tert-OH is 11. The second kappa shape index (κ2) is 25.3. The van der Waals surface area contributed by atoms with Crippen LogP contribution < -0.4 is 16.0 Å². The summed E-state index contributed by atoms with van der Waals surface area (Å²) in [5.41, 5.74) is -3.52. The Bertz CT molecular complexity index is 1040. The monoisotopic (exact) mass is 811 g/mol. The molecule has 0 aromatic rings. The summed E-state index contributed by atoms with van der Waals surface area (Å²) in [5.74, 6) is -0.973. The minimum absolute atomic E-state index is 0. The van der Waals surface area contributed by atoms with E-state index in [9.17, 15) is 70.6 Å². The summed E-state index contributed by atoms with van der Waals surface area (Å²) in [6.45, 7) is -4.09. The quantitative estimate of drug-likeness (QED) is 0.0452. The molecule has 23 heteroatoms. The van der Waals surface area contributed by atoms with Gasteiger partial charge in [0.15, 0.2) is 12.6 Å². The molecule has 3 amide bonds. The molecule has 14 N–H and O–H groups in total. The van der Waals surface area contributed by atoms with Crippen molar-refractivity contribution >= 4 is 29.7 Å². The number of hydrogen-bond donors (Lipinski definition) is 14. The van der Waals surface area contributed by atoms with Gasteiger partial charge in [0, 0.05) is 30.9 Å². The second-order valence-corrected chi connectivity index (χ2v) is 13.6. The third kappa shape index (κ3) is 14.8. The lowest BCUT2D eigenvalue weighted by Crippen LogP contribution is -2.64. The van der Waals surface area contributed by atoms with Gasteiger partial charge in [-0.05, 0) is 6.92 Å². The summed E-state index contributed by atoms with van der Waals surface area (Å²) in [5, 5.41) is 116. The molecular formula is C31H61N3O19S. The number of alkyl carbamates (subject to hydrolysis) is 1. The molecule has 2 fully saturated rings. The smallest absolute Gasteiger partial charge is 0.407 e. The van der Waals surface area contributed by atoms with Crippen LogP contribution in [-0.2, 0) is 33.3 Å². The van der Waals surface area contributed by atoms with Crippen molar-refractivity contribution in [1.29, 1.82) is 0 Å². The van der Waals surface area contributed by atoms with Gasteiger partial charge in [0.1, 0.15) is 66.5 Å². The van der Waals surface area contributed by atoms with E-state index in [0.29, 0.717) is 0 Å². The molecule has 0 aromatic heterocycles. The Hall–Kier alpha value is -2.04. The van der Waals surface area contributed by atoms with Crippen LogP contribution in [0.4, 0.5) is 4.79 Å². The molecule has 2 aliphatic heterocycles. The molecule has 0 aliphatic carbocycles. The van der Waals surface area contributed by atoms with Crippen molar-refractivity contribution in [2.45, 2.75) is 107 Å². The molecule has 10 atom stereocenters. The summed E-state index contributed by atoms with van der Waals surface area (Å²) in [7, 11) is 0. The summed E-state index contributed by atoms with van der Waals surface area (Å²) in [6, 6.07) is 0. The van der Waals surface area contributed by atoms with E-state index >= 15 is 0 Å². The first kappa shape index (κ1) is 52.0. The average Bonchev–Trinajstić information content (AvgIpc) is 3.13. The molecule has 0 saturated carbocycles. The predicted octanol–water partition coefficient (Wildman–Crippen LogP) is -6.16. The molecule has 2 rings (SSSR count). The van der Waals surface area contributed by atoms with Crippen molar-refractivity contribution in [3.63, 3.8) is 0 Å². The lowest BCUT2D eigenvalue weighted by molar-refractivity contribution is -0.315. The van der Waals surface area contributed by atoms with Crippen LogP contribution in [0.1, 0.15) is 34.6 Å². The van der Waals surface area contributed by atoms with Crippen LogP contribution >= 0.6 is 11.8 Å². The Morgan fingerprint density at radius 3 is 1.41 bits per heavy atom. The number of nitrogens with one attached hydrogen (secondary N) is 3. The molecule has 54 heavy (non-hydrogen) atoms. The number of amides is 3. The highest BCUT2D eigenvalue weighted by Gasteiger charge is 2.48. The van der Waals surface area contributed by atoms with Crippen LogP contribution in [0.2, 0.25) is 0 Å². The molecule has 2 heterocycles. The van der Waals surface area contributed by atoms with Crippen molar-refractivity contribution in [2.24, 2.45) is 0 Å². The number of ether oxygens (including phenoxy) is 5. The maximum atomic E-state index is 13.3. The molecule has 320 valence electrons. The Balaban J connectivity index is 0.0000140. The summed E-state index contributed by atoms with van der Waals surface area (Å²) >= 11 is 1.17. The zero-order valence-electron chi connectivity index (χ0n) is 28.6. The Labute approximate surface area is 317 Å². The molecule has 2 aliphatic rings. The molecule has 0 bridgehead atoms. The van der Waals surface area contributed by atoms with E-state index in [-0.39, 0.29) is 45.7 Å². The molecule has 4 unspecified atom stereocenters. The predicted molar refractivity (Wildman–Crippen MR) is 187 cm³/mol. The van der Waals surface area contributed by atoms with Crippen LogP contribution in [0.25, 0.3) is 0 Å². The first-order valence-electron chi connectivity index (χ1n) is 16.4. The number of rotatable bonds is 22. The van der Waals surface area contributed by atoms with E-state index in [0.717, 1.165) is 0 Å². The van der Waals surface area contributed by atoms with Crippen LogP contribution in [0.3, 0.4) is 0 Å². The Morgan fingerprint density at radius 2 is 1.04 bits per heavy atom. The van der Waals surface area contributed by atoms with Crippen LogP contribution in [0, 0.1) is 0 Å². The lowest BCUT2D eigenvalue weighted by atomic mass is 9.98. The fraction of sp³-hybridized carbons (Fsp3) is 0.903. The van der Waals surface area contributed by atoms with Gasteiger partial charge in [-0.3, -0.25) is 9.59 Å². The highest BCUT2D eigenvalue weighted by molar-refractivity contribution is 7.99. The van der Waals surface area contributed by atoms with E-state index in [2.05, 4.69) is 16.0 Å². The number of aliphatic hydroxyl groups is 11. The maximum Gasteiger partial charge on any atom is 0.407 e. The van der Waals surface area contributed by atoms with Crippen LogP contribution in [0.15, 0.2) is 0 Å². The number of thioether (sulfide) groups is 1. The van der Waals surface area contributed by atoms with Gasteiger partial charge in [-0.25, -0.2) is 4.79 Å². The summed E-state index contributed by atoms with van der Waals surface area (Å²) in [6.07, 6.45) is -18.3. The topological polar surface area (TPSA) is 356 Å². The van der Waals surface area contributed by atoms with E-state index < -0.39 is 143 Å². The standard InChI is InChI=1S/C29H53N3O19S.2CH4/c1-2-30-27(46)49-14-29(12-47-25-23(44)21(42)19(40)15(7-33)50-25,13-48-26-24(45)22(43)20(41)16(8-34)51-26)32-18(39)4-6-52-5-3-17(38)31-28(9-35,10-36)11-37;;/h15-16,19-26,33-37,40-45H,2-14H2,1H3,(H,30,46)(H,31,38)(H,32,39);2*1H4/t15?,16?,19-,20-,21+,22+,23?,24?,25-,26-,29?;;/m1../s1. The van der Waals surface area contributed by atoms with E-state index in [4.69, 9.17) is 23.7 Å². The first-order chi connectivity index (χ1) is 24.6. The molecule has 2 saturated heterocycles. The van der Waals surface area contributed by atoms with Crippen molar-refractivity contribution < 1.29 is 94.2 Å². The zero-order valence-corrected chi connectivity index (χ0v) is 29.4. The SMILES string of the molecule is C.C.CCNC(=O)OCC(CO[C@@H]1OC(CO)[C@@H](O)[C@H](O)C1O)(CO[C@@H]1OC(CO)[C@@H](O)[C@H](O)C1O)NC(=O)CCSCCC(=O)NC(CO)(CO)CO. The lowest BCUT2D eigenvalue weighted by Gasteiger charge is -2.43. The van der Waals surface area contributed by atoms with Crippen LogP contribution in [0.5, 0.6) is 0 Å². The minimum atomic E-state index is -1.92. The van der Waals surface area contributed by atoms with Crippen LogP contribution in [-0.4, -0.2) is 217 Å². The zero-order chi connectivity index (χ0) is 39.1. The normalized spacial score (nSPS) is 29.5. The maximum absolute atomic E-state index is 13.3.